The molecule has 1 N–H and O–H groups in total. The minimum absolute atomic E-state index is 0.0383. The Morgan fingerprint density at radius 2 is 2.23 bits per heavy atom. The zero-order chi connectivity index (χ0) is 9.42. The lowest BCUT2D eigenvalue weighted by atomic mass is 10.3. The molecule has 13 heavy (non-hydrogen) atoms. The molecule has 0 amide bonds. The van der Waals surface area contributed by atoms with Crippen LogP contribution in [0.4, 0.5) is 0 Å². The Morgan fingerprint density at radius 1 is 1.46 bits per heavy atom. The van der Waals surface area contributed by atoms with Gasteiger partial charge in [-0.3, -0.25) is 0 Å². The Bertz CT molecular complexity index is 475. The van der Waals surface area contributed by atoms with Crippen LogP contribution in [-0.4, -0.2) is 21.0 Å². The highest BCUT2D eigenvalue weighted by molar-refractivity contribution is 5.87. The number of aromatic carboxylic acids is 1. The van der Waals surface area contributed by atoms with Crippen LogP contribution in [-0.2, 0) is 0 Å². The van der Waals surface area contributed by atoms with E-state index in [4.69, 9.17) is 9.52 Å². The average Bonchev–Trinajstić information content (AvgIpc) is 2.42. The third-order valence-corrected chi connectivity index (χ3v) is 1.58. The first-order valence-electron chi connectivity index (χ1n) is 3.64. The van der Waals surface area contributed by atoms with Gasteiger partial charge in [-0.25, -0.2) is 14.8 Å². The van der Waals surface area contributed by atoms with E-state index in [0.29, 0.717) is 11.4 Å². The summed E-state index contributed by atoms with van der Waals surface area (Å²) in [6.07, 6.45) is 0. The number of carboxylic acid groups (broad SMARTS) is 1. The van der Waals surface area contributed by atoms with Crippen LogP contribution in [0.5, 0.6) is 0 Å². The van der Waals surface area contributed by atoms with Gasteiger partial charge in [0.1, 0.15) is 5.52 Å². The summed E-state index contributed by atoms with van der Waals surface area (Å²) in [5.41, 5.74) is 0.795. The highest BCUT2D eigenvalue weighted by Crippen LogP contribution is 2.12. The number of hydrogen-bond acceptors (Lipinski definition) is 4. The minimum Gasteiger partial charge on any atom is -0.477 e. The fraction of sp³-hybridized carbons (Fsp3) is 0.125. The molecule has 0 aliphatic heterocycles. The SMILES string of the molecule is Cc1nc2ccc(C(=O)O)nc2o1. The smallest absolute Gasteiger partial charge is 0.354 e. The van der Waals surface area contributed by atoms with Crippen LogP contribution in [0.25, 0.3) is 11.2 Å². The van der Waals surface area contributed by atoms with Crippen molar-refractivity contribution in [2.75, 3.05) is 0 Å². The third-order valence-electron chi connectivity index (χ3n) is 1.58. The second kappa shape index (κ2) is 2.55. The zero-order valence-electron chi connectivity index (χ0n) is 6.81. The highest BCUT2D eigenvalue weighted by atomic mass is 16.4. The molecule has 0 radical (unpaired) electrons. The van der Waals surface area contributed by atoms with Gasteiger partial charge in [-0.1, -0.05) is 0 Å². The molecule has 0 aliphatic rings. The molecule has 5 nitrogen and oxygen atoms in total. The molecule has 2 rings (SSSR count). The van der Waals surface area contributed by atoms with E-state index in [1.165, 1.54) is 6.07 Å². The normalized spacial score (nSPS) is 10.5. The van der Waals surface area contributed by atoms with Gasteiger partial charge in [-0.05, 0) is 12.1 Å². The van der Waals surface area contributed by atoms with E-state index in [-0.39, 0.29) is 11.4 Å². The molecule has 0 atom stereocenters. The molecule has 0 unspecified atom stereocenters. The first kappa shape index (κ1) is 7.72. The molecular weight excluding hydrogens is 172 g/mol. The topological polar surface area (TPSA) is 76.2 Å². The van der Waals surface area contributed by atoms with Crippen molar-refractivity contribution < 1.29 is 14.3 Å². The number of oxazole rings is 1. The van der Waals surface area contributed by atoms with E-state index in [0.717, 1.165) is 0 Å². The summed E-state index contributed by atoms with van der Waals surface area (Å²) in [7, 11) is 0. The number of nitrogens with zero attached hydrogens (tertiary/aromatic N) is 2. The Kier molecular flexibility index (Phi) is 1.51. The van der Waals surface area contributed by atoms with Gasteiger partial charge in [0.25, 0.3) is 0 Å². The van der Waals surface area contributed by atoms with Gasteiger partial charge in [0.05, 0.1) is 0 Å². The first-order chi connectivity index (χ1) is 6.16. The summed E-state index contributed by atoms with van der Waals surface area (Å²) in [5.74, 6) is -0.596. The molecule has 5 heteroatoms. The number of aromatic nitrogens is 2. The Morgan fingerprint density at radius 3 is 2.92 bits per heavy atom. The fourth-order valence-electron chi connectivity index (χ4n) is 1.04. The molecule has 0 saturated carbocycles. The number of hydrogen-bond donors (Lipinski definition) is 1. The van der Waals surface area contributed by atoms with E-state index in [1.54, 1.807) is 13.0 Å². The third kappa shape index (κ3) is 1.24. The van der Waals surface area contributed by atoms with E-state index >= 15 is 0 Å². The summed E-state index contributed by atoms with van der Waals surface area (Å²) in [6, 6.07) is 2.97. The van der Waals surface area contributed by atoms with Crippen LogP contribution in [0, 0.1) is 6.92 Å². The van der Waals surface area contributed by atoms with Crippen LogP contribution < -0.4 is 0 Å². The summed E-state index contributed by atoms with van der Waals surface area (Å²) in [6.45, 7) is 1.68. The van der Waals surface area contributed by atoms with Crippen molar-refractivity contribution in [1.29, 1.82) is 0 Å². The molecule has 2 aromatic heterocycles. The van der Waals surface area contributed by atoms with Crippen molar-refractivity contribution in [3.8, 4) is 0 Å². The lowest BCUT2D eigenvalue weighted by molar-refractivity contribution is 0.0690. The average molecular weight is 178 g/mol. The summed E-state index contributed by atoms with van der Waals surface area (Å²) >= 11 is 0. The van der Waals surface area contributed by atoms with Crippen LogP contribution in [0.2, 0.25) is 0 Å². The highest BCUT2D eigenvalue weighted by Gasteiger charge is 2.08. The lowest BCUT2D eigenvalue weighted by Gasteiger charge is -1.90. The second-order valence-electron chi connectivity index (χ2n) is 2.56. The van der Waals surface area contributed by atoms with Crippen LogP contribution in [0.15, 0.2) is 16.5 Å². The molecule has 0 saturated heterocycles. The van der Waals surface area contributed by atoms with Crippen LogP contribution in [0.3, 0.4) is 0 Å². The zero-order valence-corrected chi connectivity index (χ0v) is 6.81. The van der Waals surface area contributed by atoms with Crippen LogP contribution >= 0.6 is 0 Å². The van der Waals surface area contributed by atoms with Crippen LogP contribution in [0.1, 0.15) is 16.4 Å². The van der Waals surface area contributed by atoms with Gasteiger partial charge in [0, 0.05) is 6.92 Å². The molecule has 2 heterocycles. The summed E-state index contributed by atoms with van der Waals surface area (Å²) < 4.78 is 5.07. The predicted octanol–water partition coefficient (Wildman–Crippen LogP) is 1.23. The van der Waals surface area contributed by atoms with E-state index in [1.807, 2.05) is 0 Å². The number of fused-ring (bicyclic) bond motifs is 1. The van der Waals surface area contributed by atoms with E-state index < -0.39 is 5.97 Å². The van der Waals surface area contributed by atoms with Gasteiger partial charge >= 0.3 is 5.97 Å². The van der Waals surface area contributed by atoms with Gasteiger partial charge in [0.2, 0.25) is 5.71 Å². The molecule has 66 valence electrons. The molecule has 2 aromatic rings. The second-order valence-corrected chi connectivity index (χ2v) is 2.56. The fourth-order valence-corrected chi connectivity index (χ4v) is 1.04. The molecule has 0 aliphatic carbocycles. The Hall–Kier alpha value is -1.91. The van der Waals surface area contributed by atoms with Gasteiger partial charge in [-0.15, -0.1) is 0 Å². The maximum absolute atomic E-state index is 10.5. The number of aryl methyl sites for hydroxylation is 1. The Labute approximate surface area is 73.0 Å². The molecule has 0 aromatic carbocycles. The van der Waals surface area contributed by atoms with Crippen molar-refractivity contribution in [2.45, 2.75) is 6.92 Å². The van der Waals surface area contributed by atoms with E-state index in [2.05, 4.69) is 9.97 Å². The lowest BCUT2D eigenvalue weighted by Crippen LogP contribution is -1.98. The minimum atomic E-state index is -1.07. The Balaban J connectivity index is 2.67. The van der Waals surface area contributed by atoms with Crippen molar-refractivity contribution >= 4 is 17.2 Å². The van der Waals surface area contributed by atoms with Crippen molar-refractivity contribution in [2.24, 2.45) is 0 Å². The maximum atomic E-state index is 10.5. The monoisotopic (exact) mass is 178 g/mol. The van der Waals surface area contributed by atoms with E-state index in [9.17, 15) is 4.79 Å². The number of pyridine rings is 1. The molecule has 0 bridgehead atoms. The maximum Gasteiger partial charge on any atom is 0.354 e. The van der Waals surface area contributed by atoms with Gasteiger partial charge in [-0.2, -0.15) is 0 Å². The van der Waals surface area contributed by atoms with Crippen molar-refractivity contribution in [3.63, 3.8) is 0 Å². The predicted molar refractivity (Wildman–Crippen MR) is 43.5 cm³/mol. The molecule has 0 fully saturated rings. The summed E-state index contributed by atoms with van der Waals surface area (Å²) in [5, 5.41) is 8.63. The molecular formula is C8H6N2O3. The number of rotatable bonds is 1. The largest absolute Gasteiger partial charge is 0.477 e. The number of carbonyl (C=O) groups is 1. The van der Waals surface area contributed by atoms with Crippen molar-refractivity contribution in [3.05, 3.63) is 23.7 Å². The van der Waals surface area contributed by atoms with Crippen molar-refractivity contribution in [1.82, 2.24) is 9.97 Å². The van der Waals surface area contributed by atoms with Gasteiger partial charge < -0.3 is 9.52 Å². The quantitative estimate of drug-likeness (QED) is 0.710. The number of carboxylic acids is 1. The first-order valence-corrected chi connectivity index (χ1v) is 3.64. The molecule has 0 spiro atoms. The van der Waals surface area contributed by atoms with Gasteiger partial charge in [0.15, 0.2) is 11.6 Å². The standard InChI is InChI=1S/C8H6N2O3/c1-4-9-5-2-3-6(8(11)12)10-7(5)13-4/h2-3H,1H3,(H,11,12). The summed E-state index contributed by atoms with van der Waals surface area (Å²) in [4.78, 5) is 18.3.